The number of fused-ring (bicyclic) bond motifs is 2. The molecule has 0 spiro atoms. The van der Waals surface area contributed by atoms with E-state index in [4.69, 9.17) is 4.74 Å². The number of phenolic OH excluding ortho intramolecular Hbond substituents is 1. The van der Waals surface area contributed by atoms with Crippen LogP contribution in [0.25, 0.3) is 15.9 Å². The van der Waals surface area contributed by atoms with Gasteiger partial charge in [0.15, 0.2) is 0 Å². The number of ether oxygens (including phenoxy) is 1. The molecule has 6 heteroatoms. The predicted octanol–water partition coefficient (Wildman–Crippen LogP) is 6.69. The first-order valence-electron chi connectivity index (χ1n) is 12.3. The molecule has 5 rings (SSSR count). The molecule has 2 aromatic carbocycles. The van der Waals surface area contributed by atoms with Crippen LogP contribution in [0.4, 0.5) is 5.69 Å². The van der Waals surface area contributed by atoms with Crippen molar-refractivity contribution in [3.05, 3.63) is 81.4 Å². The van der Waals surface area contributed by atoms with Crippen LogP contribution in [0.5, 0.6) is 11.5 Å². The predicted molar refractivity (Wildman–Crippen MR) is 152 cm³/mol. The maximum atomic E-state index is 9.90. The molecule has 1 aliphatic carbocycles. The summed E-state index contributed by atoms with van der Waals surface area (Å²) in [6.45, 7) is 7.87. The van der Waals surface area contributed by atoms with Crippen LogP contribution in [0, 0.1) is 5.41 Å². The summed E-state index contributed by atoms with van der Waals surface area (Å²) in [5, 5.41) is 11.1. The Morgan fingerprint density at radius 2 is 2.03 bits per heavy atom. The van der Waals surface area contributed by atoms with Crippen LogP contribution in [0.15, 0.2) is 81.8 Å². The Morgan fingerprint density at radius 1 is 1.19 bits per heavy atom. The number of aromatic nitrogens is 1. The van der Waals surface area contributed by atoms with Gasteiger partial charge in [-0.3, -0.25) is 0 Å². The average molecular weight is 565 g/mol. The summed E-state index contributed by atoms with van der Waals surface area (Å²) >= 11 is 2.07. The molecule has 2 aliphatic rings. The molecular weight excluding hydrogens is 531 g/mol. The van der Waals surface area contributed by atoms with Gasteiger partial charge in [0.1, 0.15) is 5.75 Å². The first-order valence-corrected chi connectivity index (χ1v) is 14.8. The number of thioether (sulfide) groups is 1. The fourth-order valence-electron chi connectivity index (χ4n) is 5.06. The Labute approximate surface area is 224 Å². The molecule has 4 nitrogen and oxygen atoms in total. The number of aryl methyl sites for hydroxylation is 1. The van der Waals surface area contributed by atoms with Gasteiger partial charge in [0.25, 0.3) is 0 Å². The Morgan fingerprint density at radius 3 is 2.81 bits per heavy atom. The van der Waals surface area contributed by atoms with E-state index in [1.807, 2.05) is 12.1 Å². The van der Waals surface area contributed by atoms with Crippen LogP contribution in [-0.4, -0.2) is 33.8 Å². The molecule has 0 atom stereocenters. The zero-order valence-electron chi connectivity index (χ0n) is 21.5. The van der Waals surface area contributed by atoms with E-state index in [1.165, 1.54) is 35.4 Å². The van der Waals surface area contributed by atoms with Crippen molar-refractivity contribution in [2.75, 3.05) is 19.1 Å². The van der Waals surface area contributed by atoms with E-state index < -0.39 is 0 Å². The SMILES string of the molecule is CC[n+]1c(/C=C/C=C2C=C(/C=C3\Sc4ccc(O)cc4N3C)CC(C)(C)C/2)[se]c2ccc(OC)cc21. The number of phenols is 1. The van der Waals surface area contributed by atoms with Crippen LogP contribution in [0.2, 0.25) is 0 Å². The molecule has 36 heavy (non-hydrogen) atoms. The third-order valence-electron chi connectivity index (χ3n) is 6.70. The molecule has 0 bridgehead atoms. The quantitative estimate of drug-likeness (QED) is 0.277. The van der Waals surface area contributed by atoms with Crippen LogP contribution >= 0.6 is 11.8 Å². The molecule has 3 aromatic rings. The Kier molecular flexibility index (Phi) is 6.95. The number of allylic oxidation sites excluding steroid dienone is 6. The standard InChI is InChI=1S/C30H32N2O2SSe/c1-6-32-25-17-23(34-5)11-13-27(25)36-29(32)9-7-8-20-14-21(19-30(2,3)18-20)15-28-31(4)24-16-22(33)10-12-26(24)35-28/h7-17H,6,18-19H2,1-5H3/p+1. The molecule has 0 fully saturated rings. The van der Waals surface area contributed by atoms with Gasteiger partial charge < -0.3 is 5.11 Å². The van der Waals surface area contributed by atoms with Crippen LogP contribution < -0.4 is 14.2 Å². The topological polar surface area (TPSA) is 36.6 Å². The Hall–Kier alpha value is -2.66. The minimum atomic E-state index is 0.209. The number of rotatable bonds is 5. The van der Waals surface area contributed by atoms with Gasteiger partial charge in [-0.05, 0) is 6.07 Å². The van der Waals surface area contributed by atoms with E-state index in [0.29, 0.717) is 20.3 Å². The molecule has 186 valence electrons. The molecule has 0 saturated carbocycles. The molecule has 1 aromatic heterocycles. The summed E-state index contributed by atoms with van der Waals surface area (Å²) in [4.78, 5) is 3.36. The van der Waals surface area contributed by atoms with Gasteiger partial charge in [-0.1, -0.05) is 0 Å². The van der Waals surface area contributed by atoms with Gasteiger partial charge >= 0.3 is 208 Å². The van der Waals surface area contributed by atoms with Crippen molar-refractivity contribution < 1.29 is 14.4 Å². The maximum absolute atomic E-state index is 9.90. The summed E-state index contributed by atoms with van der Waals surface area (Å²) in [7, 11) is 3.80. The van der Waals surface area contributed by atoms with Crippen molar-refractivity contribution in [3.63, 3.8) is 0 Å². The van der Waals surface area contributed by atoms with Crippen molar-refractivity contribution >= 4 is 47.8 Å². The second kappa shape index (κ2) is 10.0. The molecule has 0 radical (unpaired) electrons. The van der Waals surface area contributed by atoms with Gasteiger partial charge in [0, 0.05) is 0 Å². The Balaban J connectivity index is 1.42. The number of aromatic hydroxyl groups is 1. The zero-order chi connectivity index (χ0) is 25.4. The van der Waals surface area contributed by atoms with Gasteiger partial charge in [-0.2, -0.15) is 0 Å². The fraction of sp³-hybridized carbons (Fsp3) is 0.300. The number of hydrogen-bond acceptors (Lipinski definition) is 4. The third kappa shape index (κ3) is 5.08. The van der Waals surface area contributed by atoms with Gasteiger partial charge in [0.05, 0.1) is 0 Å². The van der Waals surface area contributed by atoms with E-state index in [1.54, 1.807) is 24.9 Å². The van der Waals surface area contributed by atoms with Crippen molar-refractivity contribution in [1.29, 1.82) is 0 Å². The zero-order valence-corrected chi connectivity index (χ0v) is 24.1. The number of methoxy groups -OCH3 is 1. The molecule has 0 amide bonds. The average Bonchev–Trinajstić information content (AvgIpc) is 3.34. The second-order valence-electron chi connectivity index (χ2n) is 10.2. The second-order valence-corrected chi connectivity index (χ2v) is 13.4. The summed E-state index contributed by atoms with van der Waals surface area (Å²) in [5.41, 5.74) is 5.27. The monoisotopic (exact) mass is 565 g/mol. The minimum absolute atomic E-state index is 0.209. The molecular formula is C30H33N2O2SSe+. The van der Waals surface area contributed by atoms with Crippen LogP contribution in [0.1, 0.15) is 38.2 Å². The van der Waals surface area contributed by atoms with Gasteiger partial charge in [-0.15, -0.1) is 0 Å². The molecule has 2 heterocycles. The molecule has 0 unspecified atom stereocenters. The Bertz CT molecular complexity index is 1440. The first kappa shape index (κ1) is 25.0. The normalized spacial score (nSPS) is 19.5. The van der Waals surface area contributed by atoms with E-state index in [9.17, 15) is 5.11 Å². The van der Waals surface area contributed by atoms with E-state index in [0.717, 1.165) is 30.8 Å². The first-order chi connectivity index (χ1) is 17.3. The van der Waals surface area contributed by atoms with Crippen molar-refractivity contribution in [3.8, 4) is 11.5 Å². The molecule has 1 aliphatic heterocycles. The van der Waals surface area contributed by atoms with Gasteiger partial charge in [-0.25, -0.2) is 0 Å². The molecule has 1 N–H and O–H groups in total. The van der Waals surface area contributed by atoms with Crippen LogP contribution in [0.3, 0.4) is 0 Å². The summed E-state index contributed by atoms with van der Waals surface area (Å²) < 4.78 is 10.7. The van der Waals surface area contributed by atoms with E-state index in [2.05, 4.69) is 85.9 Å². The summed E-state index contributed by atoms with van der Waals surface area (Å²) in [6, 6.07) is 12.0. The number of anilines is 1. The summed E-state index contributed by atoms with van der Waals surface area (Å²) in [5.74, 6) is 1.22. The summed E-state index contributed by atoms with van der Waals surface area (Å²) in [6.07, 6.45) is 13.6. The number of hydrogen-bond donors (Lipinski definition) is 1. The van der Waals surface area contributed by atoms with E-state index in [-0.39, 0.29) is 5.41 Å². The van der Waals surface area contributed by atoms with Crippen LogP contribution in [-0.2, 0) is 6.54 Å². The molecule has 0 saturated heterocycles. The number of benzene rings is 2. The van der Waals surface area contributed by atoms with E-state index >= 15 is 0 Å². The van der Waals surface area contributed by atoms with Crippen molar-refractivity contribution in [2.24, 2.45) is 5.41 Å². The van der Waals surface area contributed by atoms with Crippen molar-refractivity contribution in [1.82, 2.24) is 0 Å². The van der Waals surface area contributed by atoms with Crippen molar-refractivity contribution in [2.45, 2.75) is 45.1 Å². The van der Waals surface area contributed by atoms with Gasteiger partial charge in [0.2, 0.25) is 0 Å². The fourth-order valence-corrected chi connectivity index (χ4v) is 8.51. The number of nitrogens with zero attached hydrogens (tertiary/aromatic N) is 2. The third-order valence-corrected chi connectivity index (χ3v) is 10.2.